The summed E-state index contributed by atoms with van der Waals surface area (Å²) in [6.45, 7) is 4.10. The van der Waals surface area contributed by atoms with Crippen LogP contribution in [-0.2, 0) is 23.6 Å². The summed E-state index contributed by atoms with van der Waals surface area (Å²) < 4.78 is 28.5. The molecule has 0 fully saturated rings. The van der Waals surface area contributed by atoms with E-state index in [2.05, 4.69) is 10.1 Å². The third-order valence-electron chi connectivity index (χ3n) is 3.36. The van der Waals surface area contributed by atoms with Gasteiger partial charge in [0.15, 0.2) is 5.82 Å². The van der Waals surface area contributed by atoms with Crippen LogP contribution in [0.1, 0.15) is 18.2 Å². The summed E-state index contributed by atoms with van der Waals surface area (Å²) in [6, 6.07) is 3.58. The molecule has 2 aromatic heterocycles. The summed E-state index contributed by atoms with van der Waals surface area (Å²) in [5, 5.41) is 3.98. The second-order valence-corrected chi connectivity index (χ2v) is 6.58. The number of aryl methyl sites for hydroxylation is 1. The van der Waals surface area contributed by atoms with E-state index in [0.717, 1.165) is 5.56 Å². The highest BCUT2D eigenvalue weighted by molar-refractivity contribution is 7.89. The van der Waals surface area contributed by atoms with Crippen molar-refractivity contribution < 1.29 is 8.42 Å². The maximum atomic E-state index is 12.8. The van der Waals surface area contributed by atoms with E-state index < -0.39 is 10.0 Å². The molecule has 2 rings (SSSR count). The topological polar surface area (TPSA) is 94.1 Å². The Bertz CT molecular complexity index is 725. The van der Waals surface area contributed by atoms with Crippen LogP contribution in [0.25, 0.3) is 0 Å². The fourth-order valence-electron chi connectivity index (χ4n) is 2.12. The van der Waals surface area contributed by atoms with Crippen molar-refractivity contribution >= 4 is 15.8 Å². The van der Waals surface area contributed by atoms with E-state index in [1.165, 1.54) is 8.99 Å². The van der Waals surface area contributed by atoms with E-state index >= 15 is 0 Å². The zero-order valence-corrected chi connectivity index (χ0v) is 13.1. The molecule has 0 amide bonds. The number of nitrogen functional groups attached to an aromatic ring is 1. The van der Waals surface area contributed by atoms with E-state index in [4.69, 9.17) is 5.73 Å². The van der Waals surface area contributed by atoms with E-state index in [1.807, 2.05) is 0 Å². The number of hydrogen-bond acceptors (Lipinski definition) is 5. The van der Waals surface area contributed by atoms with E-state index in [-0.39, 0.29) is 17.3 Å². The molecule has 8 heteroatoms. The normalized spacial score (nSPS) is 12.0. The molecule has 0 aliphatic rings. The first-order chi connectivity index (χ1) is 9.87. The lowest BCUT2D eigenvalue weighted by molar-refractivity contribution is 0.423. The molecule has 0 bridgehead atoms. The summed E-state index contributed by atoms with van der Waals surface area (Å²) in [4.78, 5) is 4.01. The van der Waals surface area contributed by atoms with Crippen molar-refractivity contribution in [2.24, 2.45) is 7.05 Å². The van der Waals surface area contributed by atoms with E-state index in [1.54, 1.807) is 45.4 Å². The van der Waals surface area contributed by atoms with Crippen LogP contribution in [0.15, 0.2) is 29.4 Å². The van der Waals surface area contributed by atoms with Gasteiger partial charge in [0.05, 0.1) is 5.69 Å². The Hall–Kier alpha value is -1.93. The van der Waals surface area contributed by atoms with Crippen molar-refractivity contribution in [3.8, 4) is 0 Å². The second-order valence-electron chi connectivity index (χ2n) is 4.71. The van der Waals surface area contributed by atoms with Gasteiger partial charge in [-0.2, -0.15) is 9.40 Å². The number of nitrogens with zero attached hydrogens (tertiary/aromatic N) is 4. The van der Waals surface area contributed by atoms with Crippen molar-refractivity contribution in [1.82, 2.24) is 19.1 Å². The Morgan fingerprint density at radius 2 is 1.95 bits per heavy atom. The lowest BCUT2D eigenvalue weighted by Crippen LogP contribution is -2.31. The Morgan fingerprint density at radius 3 is 2.43 bits per heavy atom. The van der Waals surface area contributed by atoms with Crippen molar-refractivity contribution in [3.63, 3.8) is 0 Å². The number of aromatic nitrogens is 3. The molecular formula is C13H19N5O2S. The van der Waals surface area contributed by atoms with Crippen LogP contribution in [0, 0.1) is 6.92 Å². The maximum absolute atomic E-state index is 12.8. The van der Waals surface area contributed by atoms with Gasteiger partial charge in [0.25, 0.3) is 0 Å². The Labute approximate surface area is 124 Å². The maximum Gasteiger partial charge on any atom is 0.248 e. The van der Waals surface area contributed by atoms with Crippen LogP contribution >= 0.6 is 0 Å². The average molecular weight is 309 g/mol. The molecular weight excluding hydrogens is 290 g/mol. The van der Waals surface area contributed by atoms with Gasteiger partial charge in [-0.3, -0.25) is 9.67 Å². The molecule has 0 spiro atoms. The minimum absolute atomic E-state index is 0.0307. The molecule has 0 aromatic carbocycles. The van der Waals surface area contributed by atoms with Gasteiger partial charge in [-0.1, -0.05) is 6.92 Å². The fraction of sp³-hybridized carbons (Fsp3) is 0.385. The van der Waals surface area contributed by atoms with Gasteiger partial charge < -0.3 is 5.73 Å². The second kappa shape index (κ2) is 5.82. The summed E-state index contributed by atoms with van der Waals surface area (Å²) in [6.07, 6.45) is 3.28. The Kier molecular flexibility index (Phi) is 4.29. The number of pyridine rings is 1. The molecule has 0 saturated carbocycles. The zero-order valence-electron chi connectivity index (χ0n) is 12.3. The Balaban J connectivity index is 2.41. The first kappa shape index (κ1) is 15.5. The molecule has 0 aliphatic heterocycles. The SMILES string of the molecule is CCN(Cc1ccncc1)S(=O)(=O)c1c(N)nn(C)c1C. The molecule has 7 nitrogen and oxygen atoms in total. The summed E-state index contributed by atoms with van der Waals surface area (Å²) in [5.41, 5.74) is 7.17. The van der Waals surface area contributed by atoms with Crippen LogP contribution in [0.5, 0.6) is 0 Å². The highest BCUT2D eigenvalue weighted by Gasteiger charge is 2.30. The number of hydrogen-bond donors (Lipinski definition) is 1. The quantitative estimate of drug-likeness (QED) is 0.886. The van der Waals surface area contributed by atoms with Crippen LogP contribution < -0.4 is 5.73 Å². The van der Waals surface area contributed by atoms with Crippen LogP contribution in [0.3, 0.4) is 0 Å². The summed E-state index contributed by atoms with van der Waals surface area (Å²) in [7, 11) is -2.01. The lowest BCUT2D eigenvalue weighted by atomic mass is 10.3. The molecule has 2 aromatic rings. The molecule has 2 N–H and O–H groups in total. The molecule has 0 unspecified atom stereocenters. The predicted octanol–water partition coefficient (Wildman–Crippen LogP) is 0.917. The molecule has 0 atom stereocenters. The van der Waals surface area contributed by atoms with Crippen molar-refractivity contribution in [2.75, 3.05) is 12.3 Å². The predicted molar refractivity (Wildman–Crippen MR) is 79.9 cm³/mol. The van der Waals surface area contributed by atoms with Crippen molar-refractivity contribution in [3.05, 3.63) is 35.8 Å². The van der Waals surface area contributed by atoms with Crippen molar-refractivity contribution in [1.29, 1.82) is 0 Å². The monoisotopic (exact) mass is 309 g/mol. The minimum atomic E-state index is -3.69. The van der Waals surface area contributed by atoms with Crippen LogP contribution in [-0.4, -0.2) is 34.0 Å². The lowest BCUT2D eigenvalue weighted by Gasteiger charge is -2.20. The molecule has 114 valence electrons. The average Bonchev–Trinajstić information content (AvgIpc) is 2.70. The van der Waals surface area contributed by atoms with Gasteiger partial charge in [0.1, 0.15) is 4.90 Å². The van der Waals surface area contributed by atoms with Gasteiger partial charge >= 0.3 is 0 Å². The Morgan fingerprint density at radius 1 is 1.33 bits per heavy atom. The van der Waals surface area contributed by atoms with E-state index in [9.17, 15) is 8.42 Å². The highest BCUT2D eigenvalue weighted by atomic mass is 32.2. The summed E-state index contributed by atoms with van der Waals surface area (Å²) in [5.74, 6) is 0.0307. The number of nitrogens with two attached hydrogens (primary N) is 1. The summed E-state index contributed by atoms with van der Waals surface area (Å²) >= 11 is 0. The van der Waals surface area contributed by atoms with Gasteiger partial charge in [0, 0.05) is 32.5 Å². The van der Waals surface area contributed by atoms with Gasteiger partial charge in [0.2, 0.25) is 10.0 Å². The minimum Gasteiger partial charge on any atom is -0.381 e. The van der Waals surface area contributed by atoms with Gasteiger partial charge in [-0.25, -0.2) is 8.42 Å². The number of rotatable bonds is 5. The fourth-order valence-corrected chi connectivity index (χ4v) is 3.85. The zero-order chi connectivity index (χ0) is 15.6. The molecule has 21 heavy (non-hydrogen) atoms. The standard InChI is InChI=1S/C13H19N5O2S/c1-4-18(9-11-5-7-15-8-6-11)21(19,20)12-10(2)17(3)16-13(12)14/h5-8H,4,9H2,1-3H3,(H2,14,16). The van der Waals surface area contributed by atoms with Crippen LogP contribution in [0.2, 0.25) is 0 Å². The first-order valence-corrected chi connectivity index (χ1v) is 8.00. The number of anilines is 1. The molecule has 2 heterocycles. The third-order valence-corrected chi connectivity index (χ3v) is 5.45. The van der Waals surface area contributed by atoms with Crippen molar-refractivity contribution in [2.45, 2.75) is 25.3 Å². The molecule has 0 aliphatic carbocycles. The largest absolute Gasteiger partial charge is 0.381 e. The first-order valence-electron chi connectivity index (χ1n) is 6.56. The van der Waals surface area contributed by atoms with E-state index in [0.29, 0.717) is 12.2 Å². The van der Waals surface area contributed by atoms with Gasteiger partial charge in [-0.05, 0) is 24.6 Å². The third kappa shape index (κ3) is 2.91. The molecule has 0 saturated heterocycles. The van der Waals surface area contributed by atoms with Crippen LogP contribution in [0.4, 0.5) is 5.82 Å². The highest BCUT2D eigenvalue weighted by Crippen LogP contribution is 2.26. The van der Waals surface area contributed by atoms with Gasteiger partial charge in [-0.15, -0.1) is 0 Å². The number of sulfonamides is 1. The molecule has 0 radical (unpaired) electrons. The smallest absolute Gasteiger partial charge is 0.248 e.